The Morgan fingerprint density at radius 3 is 2.48 bits per heavy atom. The molecule has 2 aromatic carbocycles. The lowest BCUT2D eigenvalue weighted by atomic mass is 10.1. The Bertz CT molecular complexity index is 894. The van der Waals surface area contributed by atoms with Crippen LogP contribution < -0.4 is 5.32 Å². The Balaban J connectivity index is 1.56. The molecule has 152 valence electrons. The minimum Gasteiger partial charge on any atom is -0.459 e. The predicted octanol–water partition coefficient (Wildman–Crippen LogP) is 5.80. The van der Waals surface area contributed by atoms with Crippen molar-refractivity contribution in [3.63, 3.8) is 0 Å². The molecule has 3 rings (SSSR count). The van der Waals surface area contributed by atoms with E-state index in [9.17, 15) is 4.79 Å². The van der Waals surface area contributed by atoms with Crippen molar-refractivity contribution in [3.8, 4) is 0 Å². The molecule has 6 heteroatoms. The lowest BCUT2D eigenvalue weighted by Gasteiger charge is -2.14. The largest absolute Gasteiger partial charge is 0.459 e. The third-order valence-corrected chi connectivity index (χ3v) is 6.41. The molecule has 1 amide bonds. The van der Waals surface area contributed by atoms with Gasteiger partial charge in [-0.05, 0) is 42.8 Å². The molecule has 0 spiro atoms. The summed E-state index contributed by atoms with van der Waals surface area (Å²) in [6.45, 7) is 2.71. The fraction of sp³-hybridized carbons (Fsp3) is 0.261. The number of thioether (sulfide) groups is 2. The maximum atomic E-state index is 12.7. The number of hydrogen-bond donors (Lipinski definition) is 1. The number of carbonyl (C=O) groups excluding carboxylic acids is 1. The molecule has 4 nitrogen and oxygen atoms in total. The monoisotopic (exact) mass is 427 g/mol. The number of nitrogens with one attached hydrogen (secondary N) is 1. The van der Waals surface area contributed by atoms with Crippen LogP contribution in [0.4, 0.5) is 0 Å². The molecule has 0 fully saturated rings. The van der Waals surface area contributed by atoms with E-state index < -0.39 is 0 Å². The molecule has 0 saturated carbocycles. The molecule has 0 bridgehead atoms. The first-order valence-electron chi connectivity index (χ1n) is 9.44. The second-order valence-electron chi connectivity index (χ2n) is 6.48. The number of furan rings is 1. The van der Waals surface area contributed by atoms with E-state index in [0.29, 0.717) is 11.5 Å². The van der Waals surface area contributed by atoms with Gasteiger partial charge in [0.15, 0.2) is 5.76 Å². The number of hydrogen-bond acceptors (Lipinski definition) is 5. The second-order valence-corrected chi connectivity index (χ2v) is 8.70. The summed E-state index contributed by atoms with van der Waals surface area (Å²) >= 11 is 3.44. The fourth-order valence-corrected chi connectivity index (χ4v) is 4.48. The lowest BCUT2D eigenvalue weighted by Crippen LogP contribution is -2.27. The summed E-state index contributed by atoms with van der Waals surface area (Å²) in [5, 5.41) is 3.04. The number of methoxy groups -OCH3 is 1. The van der Waals surface area contributed by atoms with Crippen LogP contribution in [0.15, 0.2) is 81.1 Å². The van der Waals surface area contributed by atoms with Gasteiger partial charge < -0.3 is 14.5 Å². The van der Waals surface area contributed by atoms with Gasteiger partial charge in [-0.1, -0.05) is 30.3 Å². The SMILES string of the molecule is COCCSc1ccc(C(C)NC(=O)c2occc2CSc2ccccc2)cc1. The van der Waals surface area contributed by atoms with Crippen LogP contribution in [0.2, 0.25) is 0 Å². The highest BCUT2D eigenvalue weighted by atomic mass is 32.2. The Kier molecular flexibility index (Phi) is 8.28. The molecule has 3 aromatic rings. The molecule has 29 heavy (non-hydrogen) atoms. The second kappa shape index (κ2) is 11.1. The van der Waals surface area contributed by atoms with Crippen molar-refractivity contribution in [2.45, 2.75) is 28.5 Å². The summed E-state index contributed by atoms with van der Waals surface area (Å²) in [6.07, 6.45) is 1.58. The topological polar surface area (TPSA) is 51.5 Å². The maximum absolute atomic E-state index is 12.7. The zero-order valence-corrected chi connectivity index (χ0v) is 18.2. The van der Waals surface area contributed by atoms with E-state index >= 15 is 0 Å². The quantitative estimate of drug-likeness (QED) is 0.327. The van der Waals surface area contributed by atoms with Gasteiger partial charge in [-0.3, -0.25) is 4.79 Å². The molecule has 0 aliphatic heterocycles. The van der Waals surface area contributed by atoms with Gasteiger partial charge in [-0.2, -0.15) is 0 Å². The normalized spacial score (nSPS) is 11.9. The maximum Gasteiger partial charge on any atom is 0.287 e. The molecular weight excluding hydrogens is 402 g/mol. The van der Waals surface area contributed by atoms with E-state index in [2.05, 4.69) is 29.6 Å². The Hall–Kier alpha value is -2.15. The van der Waals surface area contributed by atoms with Crippen molar-refractivity contribution in [2.24, 2.45) is 0 Å². The minimum atomic E-state index is -0.190. The van der Waals surface area contributed by atoms with Gasteiger partial charge >= 0.3 is 0 Å². The van der Waals surface area contributed by atoms with Crippen molar-refractivity contribution in [2.75, 3.05) is 19.5 Å². The fourth-order valence-electron chi connectivity index (χ4n) is 2.77. The molecule has 0 radical (unpaired) electrons. The summed E-state index contributed by atoms with van der Waals surface area (Å²) in [6, 6.07) is 20.1. The minimum absolute atomic E-state index is 0.111. The van der Waals surface area contributed by atoms with Crippen LogP contribution in [-0.2, 0) is 10.5 Å². The van der Waals surface area contributed by atoms with Crippen LogP contribution in [0, 0.1) is 0 Å². The van der Waals surface area contributed by atoms with Crippen LogP contribution in [0.3, 0.4) is 0 Å². The molecule has 1 heterocycles. The molecule has 1 aromatic heterocycles. The van der Waals surface area contributed by atoms with Gasteiger partial charge in [0, 0.05) is 34.0 Å². The summed E-state index contributed by atoms with van der Waals surface area (Å²) in [4.78, 5) is 15.1. The smallest absolute Gasteiger partial charge is 0.287 e. The van der Waals surface area contributed by atoms with Crippen molar-refractivity contribution in [3.05, 3.63) is 83.8 Å². The summed E-state index contributed by atoms with van der Waals surface area (Å²) in [5.74, 6) is 1.80. The molecule has 0 saturated heterocycles. The average molecular weight is 428 g/mol. The average Bonchev–Trinajstić information content (AvgIpc) is 3.22. The van der Waals surface area contributed by atoms with E-state index in [0.717, 1.165) is 28.4 Å². The van der Waals surface area contributed by atoms with Gasteiger partial charge in [0.25, 0.3) is 5.91 Å². The Labute approximate surface area is 180 Å². The van der Waals surface area contributed by atoms with Crippen LogP contribution in [0.1, 0.15) is 34.6 Å². The van der Waals surface area contributed by atoms with Gasteiger partial charge in [-0.15, -0.1) is 23.5 Å². The molecule has 1 N–H and O–H groups in total. The van der Waals surface area contributed by atoms with Crippen molar-refractivity contribution >= 4 is 29.4 Å². The van der Waals surface area contributed by atoms with Crippen molar-refractivity contribution < 1.29 is 13.9 Å². The number of amides is 1. The van der Waals surface area contributed by atoms with Crippen molar-refractivity contribution in [1.82, 2.24) is 5.32 Å². The van der Waals surface area contributed by atoms with Gasteiger partial charge in [0.05, 0.1) is 18.9 Å². The summed E-state index contributed by atoms with van der Waals surface area (Å²) < 4.78 is 10.6. The Morgan fingerprint density at radius 1 is 1.03 bits per heavy atom. The first kappa shape index (κ1) is 21.6. The van der Waals surface area contributed by atoms with Gasteiger partial charge in [-0.25, -0.2) is 0 Å². The predicted molar refractivity (Wildman–Crippen MR) is 120 cm³/mol. The number of ether oxygens (including phenoxy) is 1. The number of rotatable bonds is 10. The third-order valence-electron chi connectivity index (χ3n) is 4.37. The van der Waals surface area contributed by atoms with Crippen LogP contribution in [0.5, 0.6) is 0 Å². The highest BCUT2D eigenvalue weighted by molar-refractivity contribution is 7.99. The van der Waals surface area contributed by atoms with Crippen LogP contribution in [0.25, 0.3) is 0 Å². The van der Waals surface area contributed by atoms with Gasteiger partial charge in [0.2, 0.25) is 0 Å². The van der Waals surface area contributed by atoms with Crippen LogP contribution >= 0.6 is 23.5 Å². The zero-order valence-electron chi connectivity index (χ0n) is 16.6. The Morgan fingerprint density at radius 2 is 1.76 bits per heavy atom. The molecule has 1 atom stereocenters. The highest BCUT2D eigenvalue weighted by Gasteiger charge is 2.18. The molecule has 0 aliphatic rings. The van der Waals surface area contributed by atoms with E-state index in [-0.39, 0.29) is 11.9 Å². The van der Waals surface area contributed by atoms with Crippen molar-refractivity contribution in [1.29, 1.82) is 0 Å². The summed E-state index contributed by atoms with van der Waals surface area (Å²) in [5.41, 5.74) is 1.95. The first-order chi connectivity index (χ1) is 14.2. The lowest BCUT2D eigenvalue weighted by molar-refractivity contribution is 0.0911. The molecule has 0 aliphatic carbocycles. The van der Waals surface area contributed by atoms with E-state index in [4.69, 9.17) is 9.15 Å². The first-order valence-corrected chi connectivity index (χ1v) is 11.4. The highest BCUT2D eigenvalue weighted by Crippen LogP contribution is 2.26. The van der Waals surface area contributed by atoms with Crippen LogP contribution in [-0.4, -0.2) is 25.4 Å². The number of carbonyl (C=O) groups is 1. The number of benzene rings is 2. The molecular formula is C23H25NO3S2. The van der Waals surface area contributed by atoms with E-state index in [1.807, 2.05) is 43.3 Å². The summed E-state index contributed by atoms with van der Waals surface area (Å²) in [7, 11) is 1.71. The molecule has 1 unspecified atom stereocenters. The van der Waals surface area contributed by atoms with E-state index in [1.54, 1.807) is 36.9 Å². The third kappa shape index (κ3) is 6.42. The zero-order chi connectivity index (χ0) is 20.5. The van der Waals surface area contributed by atoms with E-state index in [1.165, 1.54) is 4.90 Å². The standard InChI is InChI=1S/C23H25NO3S2/c1-17(18-8-10-21(11-9-18)28-15-14-26-2)24-23(25)22-19(12-13-27-22)16-29-20-6-4-3-5-7-20/h3-13,17H,14-16H2,1-2H3,(H,24,25). The van der Waals surface area contributed by atoms with Gasteiger partial charge in [0.1, 0.15) is 0 Å².